The molecule has 0 amide bonds. The predicted molar refractivity (Wildman–Crippen MR) is 60.1 cm³/mol. The highest BCUT2D eigenvalue weighted by Gasteiger charge is 2.58. The average molecular weight is 251 g/mol. The van der Waals surface area contributed by atoms with Gasteiger partial charge in [0.1, 0.15) is 0 Å². The van der Waals surface area contributed by atoms with Crippen LogP contribution in [0.15, 0.2) is 23.1 Å². The van der Waals surface area contributed by atoms with Gasteiger partial charge in [0.2, 0.25) is 6.43 Å². The van der Waals surface area contributed by atoms with E-state index in [1.54, 1.807) is 6.07 Å². The third-order valence-corrected chi connectivity index (χ3v) is 3.07. The SMILES string of the molecule is C[C@]1(C(F)F)C[C@H]1n1cccc(N)c1=O.Cl. The van der Waals surface area contributed by atoms with Gasteiger partial charge in [-0.05, 0) is 18.6 Å². The van der Waals surface area contributed by atoms with Crippen LogP contribution < -0.4 is 11.3 Å². The lowest BCUT2D eigenvalue weighted by molar-refractivity contribution is 0.0631. The highest BCUT2D eigenvalue weighted by Crippen LogP contribution is 2.59. The molecule has 0 unspecified atom stereocenters. The summed E-state index contributed by atoms with van der Waals surface area (Å²) in [5.74, 6) is 0. The highest BCUT2D eigenvalue weighted by molar-refractivity contribution is 5.85. The summed E-state index contributed by atoms with van der Waals surface area (Å²) < 4.78 is 26.6. The number of alkyl halides is 2. The minimum absolute atomic E-state index is 0. The molecule has 1 aliphatic rings. The van der Waals surface area contributed by atoms with Gasteiger partial charge in [-0.1, -0.05) is 6.92 Å². The van der Waals surface area contributed by atoms with E-state index in [0.717, 1.165) is 0 Å². The van der Waals surface area contributed by atoms with Gasteiger partial charge in [0.25, 0.3) is 5.56 Å². The summed E-state index contributed by atoms with van der Waals surface area (Å²) in [5, 5.41) is 0. The van der Waals surface area contributed by atoms with Crippen LogP contribution in [-0.2, 0) is 0 Å². The fraction of sp³-hybridized carbons (Fsp3) is 0.500. The first kappa shape index (κ1) is 13.0. The molecule has 3 nitrogen and oxygen atoms in total. The molecule has 90 valence electrons. The molecule has 1 aliphatic carbocycles. The molecule has 0 saturated heterocycles. The summed E-state index contributed by atoms with van der Waals surface area (Å²) in [4.78, 5) is 11.6. The second kappa shape index (κ2) is 4.05. The van der Waals surface area contributed by atoms with E-state index in [1.165, 1.54) is 23.8 Å². The first-order valence-electron chi connectivity index (χ1n) is 4.71. The molecule has 0 radical (unpaired) electrons. The van der Waals surface area contributed by atoms with Crippen LogP contribution in [0, 0.1) is 5.41 Å². The molecule has 6 heteroatoms. The number of nitrogens with two attached hydrogens (primary N) is 1. The summed E-state index contributed by atoms with van der Waals surface area (Å²) in [6.45, 7) is 1.48. The van der Waals surface area contributed by atoms with Crippen molar-refractivity contribution in [2.24, 2.45) is 5.41 Å². The molecule has 0 spiro atoms. The molecule has 0 aliphatic heterocycles. The molecule has 1 heterocycles. The van der Waals surface area contributed by atoms with E-state index in [1.807, 2.05) is 0 Å². The van der Waals surface area contributed by atoms with E-state index in [4.69, 9.17) is 5.73 Å². The Morgan fingerprint density at radius 2 is 2.25 bits per heavy atom. The Bertz CT molecular complexity index is 449. The number of nitrogens with zero attached hydrogens (tertiary/aromatic N) is 1. The molecule has 1 aromatic heterocycles. The van der Waals surface area contributed by atoms with Crippen molar-refractivity contribution in [3.8, 4) is 0 Å². The van der Waals surface area contributed by atoms with Crippen molar-refractivity contribution < 1.29 is 8.78 Å². The van der Waals surface area contributed by atoms with E-state index < -0.39 is 17.9 Å². The van der Waals surface area contributed by atoms with E-state index in [0.29, 0.717) is 6.42 Å². The minimum atomic E-state index is -2.41. The second-order valence-corrected chi connectivity index (χ2v) is 4.20. The summed E-state index contributed by atoms with van der Waals surface area (Å²) in [5.41, 5.74) is 4.07. The van der Waals surface area contributed by atoms with Crippen LogP contribution >= 0.6 is 12.4 Å². The van der Waals surface area contributed by atoms with Crippen molar-refractivity contribution in [2.75, 3.05) is 5.73 Å². The first-order chi connectivity index (χ1) is 6.97. The van der Waals surface area contributed by atoms with Crippen molar-refractivity contribution in [2.45, 2.75) is 25.8 Å². The van der Waals surface area contributed by atoms with Crippen LogP contribution in [0.25, 0.3) is 0 Å². The maximum absolute atomic E-state index is 12.6. The molecule has 2 N–H and O–H groups in total. The van der Waals surface area contributed by atoms with Crippen molar-refractivity contribution in [1.29, 1.82) is 0 Å². The fourth-order valence-corrected chi connectivity index (χ4v) is 1.78. The number of anilines is 1. The number of nitrogen functional groups attached to an aromatic ring is 1. The van der Waals surface area contributed by atoms with Crippen LogP contribution in [0.3, 0.4) is 0 Å². The number of aromatic nitrogens is 1. The van der Waals surface area contributed by atoms with E-state index >= 15 is 0 Å². The van der Waals surface area contributed by atoms with Crippen molar-refractivity contribution >= 4 is 18.1 Å². The predicted octanol–water partition coefficient (Wildman–Crippen LogP) is 2.07. The van der Waals surface area contributed by atoms with Crippen LogP contribution in [0.1, 0.15) is 19.4 Å². The number of hydrogen-bond acceptors (Lipinski definition) is 2. The number of halogens is 3. The maximum atomic E-state index is 12.6. The van der Waals surface area contributed by atoms with Gasteiger partial charge in [0.05, 0.1) is 11.1 Å². The number of hydrogen-bond donors (Lipinski definition) is 1. The Balaban J connectivity index is 0.00000128. The lowest BCUT2D eigenvalue weighted by Crippen LogP contribution is -2.24. The minimum Gasteiger partial charge on any atom is -0.394 e. The van der Waals surface area contributed by atoms with Crippen molar-refractivity contribution in [3.63, 3.8) is 0 Å². The lowest BCUT2D eigenvalue weighted by atomic mass is 10.1. The molecule has 2 atom stereocenters. The molecule has 2 rings (SSSR count). The van der Waals surface area contributed by atoms with Gasteiger partial charge in [-0.15, -0.1) is 12.4 Å². The monoisotopic (exact) mass is 250 g/mol. The van der Waals surface area contributed by atoms with Crippen LogP contribution in [0.4, 0.5) is 14.5 Å². The quantitative estimate of drug-likeness (QED) is 0.874. The van der Waals surface area contributed by atoms with Gasteiger partial charge in [0.15, 0.2) is 0 Å². The normalized spacial score (nSPS) is 27.6. The summed E-state index contributed by atoms with van der Waals surface area (Å²) >= 11 is 0. The first-order valence-corrected chi connectivity index (χ1v) is 4.71. The fourth-order valence-electron chi connectivity index (χ4n) is 1.78. The average Bonchev–Trinajstić information content (AvgIpc) is 2.84. The topological polar surface area (TPSA) is 48.0 Å². The Morgan fingerprint density at radius 3 is 2.75 bits per heavy atom. The largest absolute Gasteiger partial charge is 0.394 e. The van der Waals surface area contributed by atoms with E-state index in [2.05, 4.69) is 0 Å². The third-order valence-electron chi connectivity index (χ3n) is 3.07. The van der Waals surface area contributed by atoms with Gasteiger partial charge < -0.3 is 10.3 Å². The van der Waals surface area contributed by atoms with E-state index in [-0.39, 0.29) is 23.7 Å². The zero-order valence-electron chi connectivity index (χ0n) is 8.69. The van der Waals surface area contributed by atoms with Crippen molar-refractivity contribution in [1.82, 2.24) is 4.57 Å². The van der Waals surface area contributed by atoms with Crippen LogP contribution in [0.2, 0.25) is 0 Å². The van der Waals surface area contributed by atoms with Gasteiger partial charge in [0, 0.05) is 12.2 Å². The smallest absolute Gasteiger partial charge is 0.273 e. The zero-order chi connectivity index (χ0) is 11.2. The summed E-state index contributed by atoms with van der Waals surface area (Å²) in [6, 6.07) is 2.65. The Labute approximate surface area is 97.7 Å². The standard InChI is InChI=1S/C10H12F2N2O.ClH/c1-10(9(11)12)5-7(10)14-4-2-3-6(13)8(14)15;/h2-4,7,9H,5,13H2,1H3;1H/t7-,10+;/m1./s1. The molecule has 1 fully saturated rings. The van der Waals surface area contributed by atoms with E-state index in [9.17, 15) is 13.6 Å². The second-order valence-electron chi connectivity index (χ2n) is 4.20. The number of pyridine rings is 1. The molecule has 1 aromatic rings. The summed E-state index contributed by atoms with van der Waals surface area (Å²) in [6.07, 6.45) is -0.568. The molecule has 0 bridgehead atoms. The molecule has 0 aromatic carbocycles. The van der Waals surface area contributed by atoms with Gasteiger partial charge in [-0.3, -0.25) is 4.79 Å². The summed E-state index contributed by atoms with van der Waals surface area (Å²) in [7, 11) is 0. The third kappa shape index (κ3) is 1.80. The van der Waals surface area contributed by atoms with Crippen molar-refractivity contribution in [3.05, 3.63) is 28.7 Å². The Morgan fingerprint density at radius 1 is 1.62 bits per heavy atom. The van der Waals surface area contributed by atoms with Crippen LogP contribution in [-0.4, -0.2) is 11.0 Å². The Kier molecular flexibility index (Phi) is 3.28. The zero-order valence-corrected chi connectivity index (χ0v) is 9.51. The Hall–Kier alpha value is -1.10. The molecule has 16 heavy (non-hydrogen) atoms. The van der Waals surface area contributed by atoms with Crippen LogP contribution in [0.5, 0.6) is 0 Å². The lowest BCUT2D eigenvalue weighted by Gasteiger charge is -2.11. The maximum Gasteiger partial charge on any atom is 0.273 e. The molecule has 1 saturated carbocycles. The molecular weight excluding hydrogens is 238 g/mol. The highest BCUT2D eigenvalue weighted by atomic mass is 35.5. The van der Waals surface area contributed by atoms with Gasteiger partial charge in [-0.2, -0.15) is 0 Å². The number of rotatable bonds is 2. The van der Waals surface area contributed by atoms with Gasteiger partial charge >= 0.3 is 0 Å². The van der Waals surface area contributed by atoms with Gasteiger partial charge in [-0.25, -0.2) is 8.78 Å². The molecular formula is C10H13ClF2N2O.